The Balaban J connectivity index is 1.88. The molecule has 3 rings (SSSR count). The molecule has 0 aromatic heterocycles. The van der Waals surface area contributed by atoms with Gasteiger partial charge in [-0.2, -0.15) is 0 Å². The van der Waals surface area contributed by atoms with Crippen LogP contribution in [0.25, 0.3) is 0 Å². The van der Waals surface area contributed by atoms with Crippen molar-refractivity contribution >= 4 is 23.2 Å². The highest BCUT2D eigenvalue weighted by molar-refractivity contribution is 6.04. The molecule has 0 radical (unpaired) electrons. The number of nitrogens with zero attached hydrogens (tertiary/aromatic N) is 1. The number of carbonyl (C=O) groups is 2. The van der Waals surface area contributed by atoms with E-state index in [9.17, 15) is 9.59 Å². The van der Waals surface area contributed by atoms with Gasteiger partial charge in [0, 0.05) is 12.5 Å². The first-order valence-electron chi connectivity index (χ1n) is 7.92. The van der Waals surface area contributed by atoms with Crippen molar-refractivity contribution in [3.63, 3.8) is 0 Å². The lowest BCUT2D eigenvalue weighted by Gasteiger charge is -2.28. The summed E-state index contributed by atoms with van der Waals surface area (Å²) < 4.78 is 5.14. The number of benzene rings is 2. The van der Waals surface area contributed by atoms with Gasteiger partial charge in [-0.15, -0.1) is 0 Å². The van der Waals surface area contributed by atoms with E-state index in [2.05, 4.69) is 5.32 Å². The minimum Gasteiger partial charge on any atom is -0.497 e. The number of ether oxygens (including phenoxy) is 1. The number of anilines is 2. The summed E-state index contributed by atoms with van der Waals surface area (Å²) in [5.41, 5.74) is 2.33. The molecule has 0 aliphatic carbocycles. The van der Waals surface area contributed by atoms with Crippen molar-refractivity contribution in [1.29, 1.82) is 0 Å². The second kappa shape index (κ2) is 6.74. The van der Waals surface area contributed by atoms with Gasteiger partial charge in [-0.25, -0.2) is 0 Å². The summed E-state index contributed by atoms with van der Waals surface area (Å²) in [7, 11) is 1.61. The highest BCUT2D eigenvalue weighted by Crippen LogP contribution is 2.31. The smallest absolute Gasteiger partial charge is 0.231 e. The third kappa shape index (κ3) is 3.25. The summed E-state index contributed by atoms with van der Waals surface area (Å²) in [5, 5.41) is 2.87. The third-order valence-corrected chi connectivity index (χ3v) is 4.14. The summed E-state index contributed by atoms with van der Waals surface area (Å²) in [6.45, 7) is 1.90. The quantitative estimate of drug-likeness (QED) is 0.944. The van der Waals surface area contributed by atoms with Gasteiger partial charge in [-0.05, 0) is 36.8 Å². The Morgan fingerprint density at radius 2 is 1.92 bits per heavy atom. The molecule has 0 spiro atoms. The van der Waals surface area contributed by atoms with Crippen molar-refractivity contribution in [1.82, 2.24) is 0 Å². The van der Waals surface area contributed by atoms with Crippen LogP contribution in [0.4, 0.5) is 11.4 Å². The van der Waals surface area contributed by atoms with Gasteiger partial charge in [0.15, 0.2) is 0 Å². The molecule has 124 valence electrons. The number of methoxy groups -OCH3 is 1. The van der Waals surface area contributed by atoms with Crippen molar-refractivity contribution in [3.8, 4) is 5.75 Å². The lowest BCUT2D eigenvalue weighted by Crippen LogP contribution is -2.40. The molecule has 0 unspecified atom stereocenters. The minimum atomic E-state index is -0.195. The van der Waals surface area contributed by atoms with Gasteiger partial charge in [0.05, 0.1) is 24.9 Å². The molecule has 0 saturated heterocycles. The lowest BCUT2D eigenvalue weighted by atomic mass is 10.1. The molecule has 2 aromatic carbocycles. The molecule has 24 heavy (non-hydrogen) atoms. The SMILES string of the molecule is COc1ccc(CC(=O)N2c3ccccc3NC(=O)C[C@@H]2C)cc1. The summed E-state index contributed by atoms with van der Waals surface area (Å²) in [6.07, 6.45) is 0.555. The Morgan fingerprint density at radius 1 is 1.21 bits per heavy atom. The third-order valence-electron chi connectivity index (χ3n) is 4.14. The van der Waals surface area contributed by atoms with Crippen molar-refractivity contribution in [2.45, 2.75) is 25.8 Å². The number of hydrogen-bond acceptors (Lipinski definition) is 3. The standard InChI is InChI=1S/C19H20N2O3/c1-13-11-18(22)20-16-5-3-4-6-17(16)21(13)19(23)12-14-7-9-15(24-2)10-8-14/h3-10,13H,11-12H2,1-2H3,(H,20,22)/t13-/m0/s1. The number of rotatable bonds is 3. The van der Waals surface area contributed by atoms with Crippen molar-refractivity contribution < 1.29 is 14.3 Å². The first kappa shape index (κ1) is 16.1. The average Bonchev–Trinajstić information content (AvgIpc) is 2.69. The summed E-state index contributed by atoms with van der Waals surface area (Å²) >= 11 is 0. The Bertz CT molecular complexity index is 755. The fraction of sp³-hybridized carbons (Fsp3) is 0.263. The number of para-hydroxylation sites is 2. The van der Waals surface area contributed by atoms with Gasteiger partial charge in [-0.3, -0.25) is 9.59 Å². The molecular weight excluding hydrogens is 304 g/mol. The highest BCUT2D eigenvalue weighted by Gasteiger charge is 2.29. The molecule has 1 aliphatic heterocycles. The Labute approximate surface area is 141 Å². The Kier molecular flexibility index (Phi) is 4.51. The fourth-order valence-electron chi connectivity index (χ4n) is 2.97. The van der Waals surface area contributed by atoms with E-state index in [1.807, 2.05) is 55.5 Å². The molecule has 0 fully saturated rings. The molecule has 0 bridgehead atoms. The lowest BCUT2D eigenvalue weighted by molar-refractivity contribution is -0.118. The van der Waals surface area contributed by atoms with E-state index in [4.69, 9.17) is 4.74 Å². The van der Waals surface area contributed by atoms with Crippen LogP contribution in [-0.2, 0) is 16.0 Å². The van der Waals surface area contributed by atoms with E-state index in [-0.39, 0.29) is 30.7 Å². The topological polar surface area (TPSA) is 58.6 Å². The van der Waals surface area contributed by atoms with Gasteiger partial charge in [0.25, 0.3) is 0 Å². The van der Waals surface area contributed by atoms with E-state index in [0.717, 1.165) is 17.0 Å². The molecular formula is C19H20N2O3. The fourth-order valence-corrected chi connectivity index (χ4v) is 2.97. The van der Waals surface area contributed by atoms with Crippen LogP contribution in [0.3, 0.4) is 0 Å². The van der Waals surface area contributed by atoms with Crippen molar-refractivity contribution in [3.05, 3.63) is 54.1 Å². The first-order valence-corrected chi connectivity index (χ1v) is 7.92. The largest absolute Gasteiger partial charge is 0.497 e. The number of fused-ring (bicyclic) bond motifs is 1. The second-order valence-corrected chi connectivity index (χ2v) is 5.91. The van der Waals surface area contributed by atoms with Gasteiger partial charge in [0.2, 0.25) is 11.8 Å². The normalized spacial score (nSPS) is 16.8. The van der Waals surface area contributed by atoms with Gasteiger partial charge < -0.3 is 15.0 Å². The predicted octanol–water partition coefficient (Wildman–Crippen LogP) is 3.00. The van der Waals surface area contributed by atoms with Crippen LogP contribution in [-0.4, -0.2) is 25.0 Å². The zero-order valence-corrected chi connectivity index (χ0v) is 13.8. The Morgan fingerprint density at radius 3 is 2.62 bits per heavy atom. The van der Waals surface area contributed by atoms with Crippen molar-refractivity contribution in [2.24, 2.45) is 0 Å². The Hall–Kier alpha value is -2.82. The van der Waals surface area contributed by atoms with E-state index in [1.165, 1.54) is 0 Å². The molecule has 0 saturated carbocycles. The van der Waals surface area contributed by atoms with Crippen molar-refractivity contribution in [2.75, 3.05) is 17.3 Å². The number of nitrogens with one attached hydrogen (secondary N) is 1. The van der Waals surface area contributed by atoms with Gasteiger partial charge in [-0.1, -0.05) is 24.3 Å². The zero-order chi connectivity index (χ0) is 17.1. The molecule has 1 heterocycles. The maximum Gasteiger partial charge on any atom is 0.231 e. The number of hydrogen-bond donors (Lipinski definition) is 1. The van der Waals surface area contributed by atoms with Crippen LogP contribution in [0.15, 0.2) is 48.5 Å². The van der Waals surface area contributed by atoms with Crippen LogP contribution < -0.4 is 15.0 Å². The highest BCUT2D eigenvalue weighted by atomic mass is 16.5. The maximum atomic E-state index is 12.9. The molecule has 1 aliphatic rings. The van der Waals surface area contributed by atoms with E-state index < -0.39 is 0 Å². The molecule has 2 aromatic rings. The molecule has 1 N–H and O–H groups in total. The van der Waals surface area contributed by atoms with Gasteiger partial charge >= 0.3 is 0 Å². The molecule has 2 amide bonds. The minimum absolute atomic E-state index is 0.0309. The first-order chi connectivity index (χ1) is 11.6. The molecule has 5 heteroatoms. The second-order valence-electron chi connectivity index (χ2n) is 5.91. The van der Waals surface area contributed by atoms with Crippen LogP contribution in [0.5, 0.6) is 5.75 Å². The van der Waals surface area contributed by atoms with Crippen LogP contribution in [0.2, 0.25) is 0 Å². The van der Waals surface area contributed by atoms with Gasteiger partial charge in [0.1, 0.15) is 5.75 Å². The van der Waals surface area contributed by atoms with Crippen LogP contribution in [0.1, 0.15) is 18.9 Å². The number of carbonyl (C=O) groups excluding carboxylic acids is 2. The van der Waals surface area contributed by atoms with E-state index >= 15 is 0 Å². The monoisotopic (exact) mass is 324 g/mol. The summed E-state index contributed by atoms with van der Waals surface area (Å²) in [6, 6.07) is 14.7. The van der Waals surface area contributed by atoms with Crippen LogP contribution in [0, 0.1) is 0 Å². The van der Waals surface area contributed by atoms with E-state index in [1.54, 1.807) is 12.0 Å². The number of amides is 2. The summed E-state index contributed by atoms with van der Waals surface area (Å²) in [4.78, 5) is 26.6. The summed E-state index contributed by atoms with van der Waals surface area (Å²) in [5.74, 6) is 0.654. The van der Waals surface area contributed by atoms with E-state index in [0.29, 0.717) is 5.69 Å². The predicted molar refractivity (Wildman–Crippen MR) is 93.3 cm³/mol. The van der Waals surface area contributed by atoms with Crippen LogP contribution >= 0.6 is 0 Å². The molecule has 1 atom stereocenters. The molecule has 5 nitrogen and oxygen atoms in total. The average molecular weight is 324 g/mol. The maximum absolute atomic E-state index is 12.9. The zero-order valence-electron chi connectivity index (χ0n) is 13.8.